The number of aryl methyl sites for hydroxylation is 1. The number of hydrogen-bond acceptors (Lipinski definition) is 6. The highest BCUT2D eigenvalue weighted by Gasteiger charge is 2.38. The second-order valence-corrected chi connectivity index (χ2v) is 7.55. The molecule has 2 aromatic carbocycles. The van der Waals surface area contributed by atoms with Crippen molar-refractivity contribution in [3.63, 3.8) is 0 Å². The Hall–Kier alpha value is -4.23. The van der Waals surface area contributed by atoms with Crippen LogP contribution in [0.25, 0.3) is 11.4 Å². The van der Waals surface area contributed by atoms with Gasteiger partial charge in [-0.05, 0) is 23.8 Å². The molecule has 2 heterocycles. The van der Waals surface area contributed by atoms with E-state index >= 15 is 0 Å². The molecule has 0 bridgehead atoms. The molecular weight excluding hydrogens is 494 g/mol. The van der Waals surface area contributed by atoms with E-state index < -0.39 is 29.7 Å². The number of alkyl halides is 6. The second-order valence-electron chi connectivity index (χ2n) is 7.55. The van der Waals surface area contributed by atoms with Gasteiger partial charge in [0.15, 0.2) is 0 Å². The second kappa shape index (κ2) is 9.79. The molecule has 0 fully saturated rings. The van der Waals surface area contributed by atoms with Crippen LogP contribution in [-0.4, -0.2) is 30.8 Å². The fourth-order valence-electron chi connectivity index (χ4n) is 3.26. The van der Waals surface area contributed by atoms with Crippen LogP contribution in [0.4, 0.5) is 32.0 Å². The highest BCUT2D eigenvalue weighted by atomic mass is 19.4. The molecule has 188 valence electrons. The first-order valence-corrected chi connectivity index (χ1v) is 10.3. The first-order valence-electron chi connectivity index (χ1n) is 10.3. The zero-order valence-electron chi connectivity index (χ0n) is 18.2. The number of nitrogens with zero attached hydrogens (tertiary/aromatic N) is 6. The number of aromatic nitrogens is 5. The van der Waals surface area contributed by atoms with Crippen molar-refractivity contribution in [3.05, 3.63) is 78.2 Å². The van der Waals surface area contributed by atoms with E-state index in [1.807, 2.05) is 0 Å². The number of hydrogen-bond donors (Lipinski definition) is 0. The standard InChI is InChI=1S/C22H16F6N6O2/c23-21(24,25)16-2-1-3-17(10-16)34(18(35)8-9-33-13-29-12-30-33)11-14-4-6-15(7-5-14)19-31-20(36-32-19)22(26,27)28/h1-7,10,12-13H,8-9,11H2. The average molecular weight is 510 g/mol. The summed E-state index contributed by atoms with van der Waals surface area (Å²) in [6.07, 6.45) is -6.77. The molecule has 0 spiro atoms. The van der Waals surface area contributed by atoms with Crippen LogP contribution in [0.3, 0.4) is 0 Å². The molecule has 0 saturated carbocycles. The average Bonchev–Trinajstić information content (AvgIpc) is 3.53. The van der Waals surface area contributed by atoms with E-state index in [9.17, 15) is 31.1 Å². The molecule has 2 aromatic heterocycles. The molecule has 1 amide bonds. The van der Waals surface area contributed by atoms with Gasteiger partial charge < -0.3 is 9.42 Å². The number of rotatable bonds is 7. The smallest absolute Gasteiger partial charge is 0.329 e. The van der Waals surface area contributed by atoms with Crippen molar-refractivity contribution in [2.45, 2.75) is 31.9 Å². The van der Waals surface area contributed by atoms with E-state index in [1.165, 1.54) is 58.6 Å². The molecule has 14 heteroatoms. The molecule has 4 rings (SSSR count). The topological polar surface area (TPSA) is 89.9 Å². The van der Waals surface area contributed by atoms with Crippen molar-refractivity contribution < 1.29 is 35.7 Å². The third kappa shape index (κ3) is 5.87. The van der Waals surface area contributed by atoms with Gasteiger partial charge in [-0.25, -0.2) is 4.98 Å². The predicted molar refractivity (Wildman–Crippen MR) is 112 cm³/mol. The molecule has 0 N–H and O–H groups in total. The Morgan fingerprint density at radius 2 is 1.75 bits per heavy atom. The largest absolute Gasteiger partial charge is 0.471 e. The van der Waals surface area contributed by atoms with Crippen molar-refractivity contribution in [2.75, 3.05) is 4.90 Å². The lowest BCUT2D eigenvalue weighted by Gasteiger charge is -2.24. The molecule has 0 radical (unpaired) electrons. The highest BCUT2D eigenvalue weighted by molar-refractivity contribution is 5.93. The van der Waals surface area contributed by atoms with Crippen molar-refractivity contribution in [1.29, 1.82) is 0 Å². The van der Waals surface area contributed by atoms with E-state index in [1.54, 1.807) is 0 Å². The predicted octanol–water partition coefficient (Wildman–Crippen LogP) is 4.99. The summed E-state index contributed by atoms with van der Waals surface area (Å²) in [6.45, 7) is 0.0599. The molecule has 0 aliphatic rings. The van der Waals surface area contributed by atoms with Crippen molar-refractivity contribution in [1.82, 2.24) is 24.9 Å². The van der Waals surface area contributed by atoms with Gasteiger partial charge in [0.05, 0.1) is 18.7 Å². The Bertz CT molecular complexity index is 1320. The summed E-state index contributed by atoms with van der Waals surface area (Å²) in [5.41, 5.74) is -0.154. The number of benzene rings is 2. The van der Waals surface area contributed by atoms with Gasteiger partial charge in [0.25, 0.3) is 0 Å². The van der Waals surface area contributed by atoms with Gasteiger partial charge in [0, 0.05) is 17.7 Å². The third-order valence-corrected chi connectivity index (χ3v) is 5.03. The first-order chi connectivity index (χ1) is 17.0. The number of halogens is 6. The number of carbonyl (C=O) groups excluding carboxylic acids is 1. The van der Waals surface area contributed by atoms with Gasteiger partial charge in [-0.15, -0.1) is 0 Å². The zero-order chi connectivity index (χ0) is 25.9. The van der Waals surface area contributed by atoms with Gasteiger partial charge in [-0.2, -0.15) is 36.4 Å². The molecule has 36 heavy (non-hydrogen) atoms. The van der Waals surface area contributed by atoms with Gasteiger partial charge in [0.2, 0.25) is 11.7 Å². The Balaban J connectivity index is 1.57. The summed E-state index contributed by atoms with van der Waals surface area (Å²) in [7, 11) is 0. The molecular formula is C22H16F6N6O2. The monoisotopic (exact) mass is 510 g/mol. The summed E-state index contributed by atoms with van der Waals surface area (Å²) in [6, 6.07) is 10.2. The molecule has 0 atom stereocenters. The van der Waals surface area contributed by atoms with E-state index in [0.29, 0.717) is 5.56 Å². The quantitative estimate of drug-likeness (QED) is 0.326. The molecule has 4 aromatic rings. The van der Waals surface area contributed by atoms with Crippen molar-refractivity contribution in [2.24, 2.45) is 0 Å². The van der Waals surface area contributed by atoms with Gasteiger partial charge >= 0.3 is 18.2 Å². The summed E-state index contributed by atoms with van der Waals surface area (Å²) in [5, 5.41) is 7.21. The Kier molecular flexibility index (Phi) is 6.77. The number of carbonyl (C=O) groups is 1. The van der Waals surface area contributed by atoms with Gasteiger partial charge in [0.1, 0.15) is 12.7 Å². The van der Waals surface area contributed by atoms with Crippen LogP contribution < -0.4 is 4.90 Å². The molecule has 0 saturated heterocycles. The maximum atomic E-state index is 13.3. The van der Waals surface area contributed by atoms with E-state index in [4.69, 9.17) is 0 Å². The number of amides is 1. The van der Waals surface area contributed by atoms with Crippen LogP contribution in [0.15, 0.2) is 65.7 Å². The minimum absolute atomic E-state index is 0.0329. The molecule has 0 aliphatic carbocycles. The summed E-state index contributed by atoms with van der Waals surface area (Å²) >= 11 is 0. The lowest BCUT2D eigenvalue weighted by molar-refractivity contribution is -0.159. The summed E-state index contributed by atoms with van der Waals surface area (Å²) < 4.78 is 83.5. The molecule has 8 nitrogen and oxygen atoms in total. The summed E-state index contributed by atoms with van der Waals surface area (Å²) in [4.78, 5) is 21.3. The molecule has 0 unspecified atom stereocenters. The third-order valence-electron chi connectivity index (χ3n) is 5.03. The zero-order valence-corrected chi connectivity index (χ0v) is 18.2. The van der Waals surface area contributed by atoms with E-state index in [0.717, 1.165) is 12.1 Å². The molecule has 0 aliphatic heterocycles. The van der Waals surface area contributed by atoms with Gasteiger partial charge in [-0.3, -0.25) is 9.48 Å². The Morgan fingerprint density at radius 3 is 2.36 bits per heavy atom. The van der Waals surface area contributed by atoms with Crippen LogP contribution in [-0.2, 0) is 30.2 Å². The van der Waals surface area contributed by atoms with Crippen LogP contribution in [0, 0.1) is 0 Å². The van der Waals surface area contributed by atoms with Crippen LogP contribution >= 0.6 is 0 Å². The maximum absolute atomic E-state index is 13.3. The Labute approximate surface area is 199 Å². The minimum Gasteiger partial charge on any atom is -0.329 e. The van der Waals surface area contributed by atoms with E-state index in [2.05, 4.69) is 24.7 Å². The van der Waals surface area contributed by atoms with Crippen molar-refractivity contribution >= 4 is 11.6 Å². The minimum atomic E-state index is -4.79. The normalized spacial score (nSPS) is 12.1. The fraction of sp³-hybridized carbons (Fsp3) is 0.227. The summed E-state index contributed by atoms with van der Waals surface area (Å²) in [5.74, 6) is -2.25. The highest BCUT2D eigenvalue weighted by Crippen LogP contribution is 2.33. The lowest BCUT2D eigenvalue weighted by Crippen LogP contribution is -2.31. The van der Waals surface area contributed by atoms with Crippen LogP contribution in [0.2, 0.25) is 0 Å². The van der Waals surface area contributed by atoms with Crippen molar-refractivity contribution in [3.8, 4) is 11.4 Å². The van der Waals surface area contributed by atoms with E-state index in [-0.39, 0.29) is 36.6 Å². The van der Waals surface area contributed by atoms with Crippen LogP contribution in [0.1, 0.15) is 23.4 Å². The first kappa shape index (κ1) is 24.9. The number of anilines is 1. The lowest BCUT2D eigenvalue weighted by atomic mass is 10.1. The maximum Gasteiger partial charge on any atom is 0.471 e. The fourth-order valence-corrected chi connectivity index (χ4v) is 3.26. The SMILES string of the molecule is O=C(CCn1cncn1)N(Cc1ccc(-c2noc(C(F)(F)F)n2)cc1)c1cccc(C(F)(F)F)c1. The van der Waals surface area contributed by atoms with Crippen LogP contribution in [0.5, 0.6) is 0 Å². The Morgan fingerprint density at radius 1 is 1.00 bits per heavy atom. The van der Waals surface area contributed by atoms with Gasteiger partial charge in [-0.1, -0.05) is 35.5 Å².